The summed E-state index contributed by atoms with van der Waals surface area (Å²) < 4.78 is 5.32. The van der Waals surface area contributed by atoms with Crippen LogP contribution in [0.2, 0.25) is 0 Å². The Bertz CT molecular complexity index is 795. The van der Waals surface area contributed by atoms with E-state index in [9.17, 15) is 5.11 Å². The Morgan fingerprint density at radius 2 is 1.96 bits per heavy atom. The highest BCUT2D eigenvalue weighted by molar-refractivity contribution is 5.58. The molecule has 1 aliphatic heterocycles. The number of piperidine rings is 1. The lowest BCUT2D eigenvalue weighted by Crippen LogP contribution is -2.36. The third kappa shape index (κ3) is 2.98. The predicted molar refractivity (Wildman–Crippen MR) is 88.2 cm³/mol. The molecule has 1 aliphatic rings. The van der Waals surface area contributed by atoms with Crippen molar-refractivity contribution in [2.75, 3.05) is 18.0 Å². The van der Waals surface area contributed by atoms with E-state index in [0.717, 1.165) is 37.3 Å². The van der Waals surface area contributed by atoms with Crippen molar-refractivity contribution in [1.29, 1.82) is 0 Å². The predicted octanol–water partition coefficient (Wildman–Crippen LogP) is 2.15. The molecule has 1 N–H and O–H groups in total. The van der Waals surface area contributed by atoms with E-state index in [1.165, 1.54) is 0 Å². The molecule has 0 saturated carbocycles. The van der Waals surface area contributed by atoms with Gasteiger partial charge in [-0.15, -0.1) is 0 Å². The summed E-state index contributed by atoms with van der Waals surface area (Å²) in [6.45, 7) is 1.63. The summed E-state index contributed by atoms with van der Waals surface area (Å²) in [7, 11) is 0. The molecule has 0 radical (unpaired) electrons. The summed E-state index contributed by atoms with van der Waals surface area (Å²) in [4.78, 5) is 15.2. The van der Waals surface area contributed by atoms with Crippen LogP contribution in [0.5, 0.6) is 0 Å². The molecule has 7 heteroatoms. The number of rotatable bonds is 3. The number of aliphatic hydroxyl groups excluding tert-OH is 1. The molecule has 24 heavy (non-hydrogen) atoms. The van der Waals surface area contributed by atoms with Gasteiger partial charge in [0.05, 0.1) is 11.7 Å². The molecule has 0 aromatic carbocycles. The second-order valence-corrected chi connectivity index (χ2v) is 5.76. The zero-order chi connectivity index (χ0) is 16.4. The van der Waals surface area contributed by atoms with Crippen molar-refractivity contribution in [3.8, 4) is 23.0 Å². The fraction of sp³-hybridized carbons (Fsp3) is 0.294. The molecule has 3 aromatic rings. The molecular weight excluding hydrogens is 306 g/mol. The quantitative estimate of drug-likeness (QED) is 0.790. The third-order valence-electron chi connectivity index (χ3n) is 4.10. The first-order valence-corrected chi connectivity index (χ1v) is 7.94. The summed E-state index contributed by atoms with van der Waals surface area (Å²) in [5.41, 5.74) is 1.44. The van der Waals surface area contributed by atoms with E-state index in [1.54, 1.807) is 12.4 Å². The lowest BCUT2D eigenvalue weighted by Gasteiger charge is -2.30. The third-order valence-corrected chi connectivity index (χ3v) is 4.10. The van der Waals surface area contributed by atoms with Gasteiger partial charge in [-0.25, -0.2) is 4.98 Å². The summed E-state index contributed by atoms with van der Waals surface area (Å²) in [5, 5.41) is 13.6. The number of aliphatic hydroxyl groups is 1. The molecule has 1 saturated heterocycles. The molecule has 4 heterocycles. The number of hydrogen-bond donors (Lipinski definition) is 1. The Hall–Kier alpha value is -2.80. The Morgan fingerprint density at radius 1 is 1.08 bits per heavy atom. The monoisotopic (exact) mass is 323 g/mol. The van der Waals surface area contributed by atoms with Crippen molar-refractivity contribution in [3.05, 3.63) is 42.7 Å². The number of nitrogens with zero attached hydrogens (tertiary/aromatic N) is 5. The highest BCUT2D eigenvalue weighted by Gasteiger charge is 2.18. The zero-order valence-corrected chi connectivity index (χ0v) is 13.0. The molecule has 4 rings (SSSR count). The van der Waals surface area contributed by atoms with Crippen LogP contribution in [0.1, 0.15) is 12.8 Å². The SMILES string of the molecule is OC1CCN(c2ccc(-c3nc(-c4ccccn4)no3)cn2)CC1. The Morgan fingerprint density at radius 3 is 2.67 bits per heavy atom. The van der Waals surface area contributed by atoms with E-state index in [0.29, 0.717) is 17.4 Å². The average Bonchev–Trinajstić information content (AvgIpc) is 3.13. The van der Waals surface area contributed by atoms with Gasteiger partial charge < -0.3 is 14.5 Å². The molecule has 0 unspecified atom stereocenters. The van der Waals surface area contributed by atoms with Crippen molar-refractivity contribution in [1.82, 2.24) is 20.1 Å². The Kier molecular flexibility index (Phi) is 3.92. The normalized spacial score (nSPS) is 15.6. The largest absolute Gasteiger partial charge is 0.393 e. The smallest absolute Gasteiger partial charge is 0.259 e. The van der Waals surface area contributed by atoms with Gasteiger partial charge in [0.25, 0.3) is 5.89 Å². The second kappa shape index (κ2) is 6.37. The van der Waals surface area contributed by atoms with Gasteiger partial charge in [0.15, 0.2) is 0 Å². The van der Waals surface area contributed by atoms with Crippen molar-refractivity contribution < 1.29 is 9.63 Å². The topological polar surface area (TPSA) is 88.2 Å². The van der Waals surface area contributed by atoms with Crippen molar-refractivity contribution in [2.24, 2.45) is 0 Å². The van der Waals surface area contributed by atoms with Gasteiger partial charge in [-0.1, -0.05) is 11.2 Å². The van der Waals surface area contributed by atoms with E-state index >= 15 is 0 Å². The second-order valence-electron chi connectivity index (χ2n) is 5.76. The Balaban J connectivity index is 1.52. The van der Waals surface area contributed by atoms with Gasteiger partial charge in [-0.05, 0) is 37.1 Å². The molecule has 0 amide bonds. The highest BCUT2D eigenvalue weighted by Crippen LogP contribution is 2.23. The first-order valence-electron chi connectivity index (χ1n) is 7.94. The molecule has 0 aliphatic carbocycles. The van der Waals surface area contributed by atoms with Crippen molar-refractivity contribution >= 4 is 5.82 Å². The zero-order valence-electron chi connectivity index (χ0n) is 13.0. The molecule has 122 valence electrons. The van der Waals surface area contributed by atoms with Crippen molar-refractivity contribution in [2.45, 2.75) is 18.9 Å². The maximum atomic E-state index is 9.58. The van der Waals surface area contributed by atoms with E-state index in [2.05, 4.69) is 25.0 Å². The fourth-order valence-corrected chi connectivity index (χ4v) is 2.73. The van der Waals surface area contributed by atoms with E-state index in [-0.39, 0.29) is 6.10 Å². The Labute approximate surface area is 139 Å². The van der Waals surface area contributed by atoms with Gasteiger partial charge in [0.1, 0.15) is 11.5 Å². The van der Waals surface area contributed by atoms with E-state index < -0.39 is 0 Å². The number of pyridine rings is 2. The summed E-state index contributed by atoms with van der Waals surface area (Å²) in [6, 6.07) is 9.42. The maximum absolute atomic E-state index is 9.58. The first kappa shape index (κ1) is 14.8. The fourth-order valence-electron chi connectivity index (χ4n) is 2.73. The molecule has 0 spiro atoms. The lowest BCUT2D eigenvalue weighted by molar-refractivity contribution is 0.145. The molecule has 3 aromatic heterocycles. The van der Waals surface area contributed by atoms with Crippen LogP contribution in [0.15, 0.2) is 47.2 Å². The first-order chi connectivity index (χ1) is 11.8. The van der Waals surface area contributed by atoms with Gasteiger partial charge in [0.2, 0.25) is 5.82 Å². The van der Waals surface area contributed by atoms with E-state index in [1.807, 2.05) is 30.3 Å². The molecular formula is C17H17N5O2. The standard InChI is InChI=1S/C17H17N5O2/c23-13-6-9-22(10-7-13)15-5-4-12(11-19-15)17-20-16(21-24-17)14-3-1-2-8-18-14/h1-5,8,11,13,23H,6-7,9-10H2. The van der Waals surface area contributed by atoms with Gasteiger partial charge >= 0.3 is 0 Å². The van der Waals surface area contributed by atoms with Crippen LogP contribution in [-0.4, -0.2) is 44.4 Å². The minimum Gasteiger partial charge on any atom is -0.393 e. The van der Waals surface area contributed by atoms with Crippen LogP contribution in [0.25, 0.3) is 23.0 Å². The van der Waals surface area contributed by atoms with Crippen LogP contribution in [-0.2, 0) is 0 Å². The minimum atomic E-state index is -0.191. The van der Waals surface area contributed by atoms with Crippen LogP contribution in [0.4, 0.5) is 5.82 Å². The van der Waals surface area contributed by atoms with E-state index in [4.69, 9.17) is 4.52 Å². The summed E-state index contributed by atoms with van der Waals surface area (Å²) >= 11 is 0. The number of anilines is 1. The highest BCUT2D eigenvalue weighted by atomic mass is 16.5. The average molecular weight is 323 g/mol. The number of aromatic nitrogens is 4. The number of hydrogen-bond acceptors (Lipinski definition) is 7. The van der Waals surface area contributed by atoms with Crippen molar-refractivity contribution in [3.63, 3.8) is 0 Å². The van der Waals surface area contributed by atoms with Crippen LogP contribution in [0, 0.1) is 0 Å². The summed E-state index contributed by atoms with van der Waals surface area (Å²) in [6.07, 6.45) is 4.79. The molecule has 0 atom stereocenters. The minimum absolute atomic E-state index is 0.191. The summed E-state index contributed by atoms with van der Waals surface area (Å²) in [5.74, 6) is 1.78. The molecule has 0 bridgehead atoms. The maximum Gasteiger partial charge on any atom is 0.259 e. The molecule has 1 fully saturated rings. The van der Waals surface area contributed by atoms with Crippen LogP contribution < -0.4 is 4.90 Å². The van der Waals surface area contributed by atoms with Gasteiger partial charge in [0, 0.05) is 25.5 Å². The van der Waals surface area contributed by atoms with Crippen LogP contribution in [0.3, 0.4) is 0 Å². The molecule has 7 nitrogen and oxygen atoms in total. The van der Waals surface area contributed by atoms with Crippen LogP contribution >= 0.6 is 0 Å². The van der Waals surface area contributed by atoms with Gasteiger partial charge in [-0.3, -0.25) is 4.98 Å². The van der Waals surface area contributed by atoms with Gasteiger partial charge in [-0.2, -0.15) is 4.98 Å². The lowest BCUT2D eigenvalue weighted by atomic mass is 10.1.